The van der Waals surface area contributed by atoms with Gasteiger partial charge in [0.25, 0.3) is 0 Å². The molecule has 0 aliphatic rings. The van der Waals surface area contributed by atoms with Crippen molar-refractivity contribution >= 4 is 27.8 Å². The predicted molar refractivity (Wildman–Crippen MR) is 156 cm³/mol. The SMILES string of the molecule is CCCCc1oc2ccccc2c1OC(=O)NCc1ccc2c(-c3ccccc3)c(OCc3nn[nH]n3)ccc2c1. The van der Waals surface area contributed by atoms with Crippen molar-refractivity contribution in [1.82, 2.24) is 25.9 Å². The summed E-state index contributed by atoms with van der Waals surface area (Å²) in [6.45, 7) is 2.62. The Bertz CT molecular complexity index is 1780. The summed E-state index contributed by atoms with van der Waals surface area (Å²) in [4.78, 5) is 12.9. The van der Waals surface area contributed by atoms with Crippen molar-refractivity contribution in [2.24, 2.45) is 0 Å². The first-order valence-corrected chi connectivity index (χ1v) is 13.6. The zero-order valence-corrected chi connectivity index (χ0v) is 22.6. The van der Waals surface area contributed by atoms with E-state index in [9.17, 15) is 4.79 Å². The number of aryl methyl sites for hydroxylation is 1. The lowest BCUT2D eigenvalue weighted by Crippen LogP contribution is -2.26. The molecule has 2 N–H and O–H groups in total. The van der Waals surface area contributed by atoms with Gasteiger partial charge in [0.15, 0.2) is 12.4 Å². The number of tetrazole rings is 1. The number of nitrogens with zero attached hydrogens (tertiary/aromatic N) is 3. The molecule has 9 nitrogen and oxygen atoms in total. The van der Waals surface area contributed by atoms with Crippen LogP contribution in [0, 0.1) is 0 Å². The van der Waals surface area contributed by atoms with Crippen LogP contribution in [-0.2, 0) is 19.6 Å². The average Bonchev–Trinajstić information content (AvgIpc) is 3.66. The maximum Gasteiger partial charge on any atom is 0.413 e. The summed E-state index contributed by atoms with van der Waals surface area (Å²) < 4.78 is 17.9. The minimum atomic E-state index is -0.524. The van der Waals surface area contributed by atoms with E-state index < -0.39 is 6.09 Å². The van der Waals surface area contributed by atoms with E-state index in [1.54, 1.807) is 0 Å². The van der Waals surface area contributed by atoms with Gasteiger partial charge in [0.2, 0.25) is 5.82 Å². The third-order valence-electron chi connectivity index (χ3n) is 6.86. The first-order valence-electron chi connectivity index (χ1n) is 13.6. The molecule has 0 radical (unpaired) electrons. The molecule has 6 rings (SSSR count). The standard InChI is InChI=1S/C32H29N5O4/c1-2-3-12-28-31(25-11-7-8-13-26(25)40-28)41-32(38)33-19-21-14-16-24-23(18-21)15-17-27(39-20-29-34-36-37-35-29)30(24)22-9-5-4-6-10-22/h4-11,13-18H,2-3,12,19-20H2,1H3,(H,33,38)(H,34,35,36,37). The van der Waals surface area contributed by atoms with Crippen molar-refractivity contribution in [2.45, 2.75) is 39.3 Å². The number of fused-ring (bicyclic) bond motifs is 2. The lowest BCUT2D eigenvalue weighted by atomic mass is 9.96. The Morgan fingerprint density at radius 2 is 1.83 bits per heavy atom. The fraction of sp³-hybridized carbons (Fsp3) is 0.188. The van der Waals surface area contributed by atoms with E-state index in [-0.39, 0.29) is 6.61 Å². The van der Waals surface area contributed by atoms with Gasteiger partial charge in [-0.05, 0) is 52.6 Å². The lowest BCUT2D eigenvalue weighted by molar-refractivity contribution is 0.199. The zero-order valence-electron chi connectivity index (χ0n) is 22.6. The van der Waals surface area contributed by atoms with Gasteiger partial charge < -0.3 is 19.2 Å². The van der Waals surface area contributed by atoms with Crippen molar-refractivity contribution in [3.05, 3.63) is 102 Å². The normalized spacial score (nSPS) is 11.1. The molecule has 1 amide bonds. The number of aromatic amines is 1. The highest BCUT2D eigenvalue weighted by atomic mass is 16.6. The Hall–Kier alpha value is -5.18. The van der Waals surface area contributed by atoms with Crippen molar-refractivity contribution in [1.29, 1.82) is 0 Å². The first kappa shape index (κ1) is 26.1. The summed E-state index contributed by atoms with van der Waals surface area (Å²) in [7, 11) is 0. The number of nitrogens with one attached hydrogen (secondary N) is 2. The topological polar surface area (TPSA) is 115 Å². The molecule has 0 saturated heterocycles. The molecule has 2 heterocycles. The molecule has 0 spiro atoms. The molecule has 0 atom stereocenters. The molecule has 206 valence electrons. The highest BCUT2D eigenvalue weighted by molar-refractivity contribution is 6.00. The minimum Gasteiger partial charge on any atom is -0.485 e. The van der Waals surface area contributed by atoms with Crippen molar-refractivity contribution in [2.75, 3.05) is 0 Å². The molecule has 0 fully saturated rings. The first-order chi connectivity index (χ1) is 20.2. The molecule has 0 aliphatic heterocycles. The Morgan fingerprint density at radius 3 is 2.66 bits per heavy atom. The number of unbranched alkanes of at least 4 members (excludes halogenated alkanes) is 1. The Kier molecular flexibility index (Phi) is 7.57. The number of para-hydroxylation sites is 1. The fourth-order valence-corrected chi connectivity index (χ4v) is 4.87. The summed E-state index contributed by atoms with van der Waals surface area (Å²) >= 11 is 0. The van der Waals surface area contributed by atoms with Crippen LogP contribution < -0.4 is 14.8 Å². The average molecular weight is 548 g/mol. The number of aromatic nitrogens is 4. The van der Waals surface area contributed by atoms with E-state index in [0.717, 1.165) is 45.7 Å². The Labute approximate surface area is 236 Å². The lowest BCUT2D eigenvalue weighted by Gasteiger charge is -2.15. The molecule has 41 heavy (non-hydrogen) atoms. The molecule has 0 aliphatic carbocycles. The number of hydrogen-bond acceptors (Lipinski definition) is 7. The second kappa shape index (κ2) is 11.9. The van der Waals surface area contributed by atoms with Crippen LogP contribution in [0.5, 0.6) is 11.5 Å². The van der Waals surface area contributed by atoms with Gasteiger partial charge in [0, 0.05) is 18.5 Å². The summed E-state index contributed by atoms with van der Waals surface area (Å²) in [5.41, 5.74) is 3.65. The van der Waals surface area contributed by atoms with Gasteiger partial charge in [-0.15, -0.1) is 10.2 Å². The molecule has 0 saturated carbocycles. The van der Waals surface area contributed by atoms with Crippen molar-refractivity contribution in [3.8, 4) is 22.6 Å². The van der Waals surface area contributed by atoms with Crippen LogP contribution in [0.4, 0.5) is 4.79 Å². The van der Waals surface area contributed by atoms with Crippen LogP contribution in [0.2, 0.25) is 0 Å². The maximum absolute atomic E-state index is 12.9. The molecule has 9 heteroatoms. The van der Waals surface area contributed by atoms with Gasteiger partial charge in [-0.25, -0.2) is 4.79 Å². The van der Waals surface area contributed by atoms with E-state index in [4.69, 9.17) is 13.9 Å². The molecular weight excluding hydrogens is 518 g/mol. The third kappa shape index (κ3) is 5.74. The molecular formula is C32H29N5O4. The third-order valence-corrected chi connectivity index (χ3v) is 6.86. The monoisotopic (exact) mass is 547 g/mol. The van der Waals surface area contributed by atoms with Crippen LogP contribution >= 0.6 is 0 Å². The van der Waals surface area contributed by atoms with E-state index in [1.165, 1.54) is 0 Å². The summed E-state index contributed by atoms with van der Waals surface area (Å²) in [6, 6.07) is 27.7. The number of H-pyrrole nitrogens is 1. The van der Waals surface area contributed by atoms with E-state index >= 15 is 0 Å². The quantitative estimate of drug-likeness (QED) is 0.190. The van der Waals surface area contributed by atoms with E-state index in [2.05, 4.69) is 51.1 Å². The number of carbonyl (C=O) groups is 1. The van der Waals surface area contributed by atoms with Gasteiger partial charge in [0.1, 0.15) is 17.1 Å². The number of carbonyl (C=O) groups excluding carboxylic acids is 1. The molecule has 2 aromatic heterocycles. The van der Waals surface area contributed by atoms with E-state index in [0.29, 0.717) is 41.6 Å². The highest BCUT2D eigenvalue weighted by Gasteiger charge is 2.19. The van der Waals surface area contributed by atoms with Gasteiger partial charge in [-0.2, -0.15) is 5.21 Å². The molecule has 4 aromatic carbocycles. The van der Waals surface area contributed by atoms with Gasteiger partial charge >= 0.3 is 6.09 Å². The number of rotatable bonds is 10. The molecule has 6 aromatic rings. The maximum atomic E-state index is 12.9. The smallest absolute Gasteiger partial charge is 0.413 e. The zero-order chi connectivity index (χ0) is 28.0. The van der Waals surface area contributed by atoms with Crippen LogP contribution in [0.1, 0.15) is 36.9 Å². The van der Waals surface area contributed by atoms with E-state index in [1.807, 2.05) is 66.7 Å². The number of amides is 1. The second-order valence-electron chi connectivity index (χ2n) is 9.67. The Balaban J connectivity index is 1.21. The summed E-state index contributed by atoms with van der Waals surface area (Å²) in [5.74, 6) is 2.37. The number of furan rings is 1. The number of benzene rings is 4. The number of ether oxygens (including phenoxy) is 2. The Morgan fingerprint density at radius 1 is 0.976 bits per heavy atom. The molecule has 0 unspecified atom stereocenters. The highest BCUT2D eigenvalue weighted by Crippen LogP contribution is 2.38. The van der Waals surface area contributed by atoms with Crippen molar-refractivity contribution in [3.63, 3.8) is 0 Å². The molecule has 0 bridgehead atoms. The van der Waals surface area contributed by atoms with Crippen LogP contribution in [0.3, 0.4) is 0 Å². The largest absolute Gasteiger partial charge is 0.485 e. The van der Waals surface area contributed by atoms with Crippen molar-refractivity contribution < 1.29 is 18.7 Å². The van der Waals surface area contributed by atoms with Crippen LogP contribution in [0.15, 0.2) is 89.3 Å². The predicted octanol–water partition coefficient (Wildman–Crippen LogP) is 6.98. The minimum absolute atomic E-state index is 0.193. The van der Waals surface area contributed by atoms with Crippen LogP contribution in [-0.4, -0.2) is 26.7 Å². The fourth-order valence-electron chi connectivity index (χ4n) is 4.87. The summed E-state index contributed by atoms with van der Waals surface area (Å²) in [6.07, 6.45) is 2.15. The van der Waals surface area contributed by atoms with Gasteiger partial charge in [-0.3, -0.25) is 0 Å². The second-order valence-corrected chi connectivity index (χ2v) is 9.67. The van der Waals surface area contributed by atoms with Gasteiger partial charge in [0.05, 0.1) is 5.39 Å². The van der Waals surface area contributed by atoms with Gasteiger partial charge in [-0.1, -0.05) is 79.2 Å². The van der Waals surface area contributed by atoms with Crippen LogP contribution in [0.25, 0.3) is 32.9 Å². The summed E-state index contributed by atoms with van der Waals surface area (Å²) in [5, 5.41) is 19.7. The number of hydrogen-bond donors (Lipinski definition) is 2.